The molecule has 114 valence electrons. The Hall–Kier alpha value is -1.91. The van der Waals surface area contributed by atoms with E-state index >= 15 is 0 Å². The summed E-state index contributed by atoms with van der Waals surface area (Å²) in [5, 5.41) is 0. The van der Waals surface area contributed by atoms with Gasteiger partial charge in [-0.1, -0.05) is 26.0 Å². The average molecular weight is 293 g/mol. The van der Waals surface area contributed by atoms with Gasteiger partial charge < -0.3 is 9.64 Å². The van der Waals surface area contributed by atoms with Gasteiger partial charge in [0.15, 0.2) is 0 Å². The van der Waals surface area contributed by atoms with Gasteiger partial charge in [0.25, 0.3) is 5.91 Å². The number of likely N-dealkylation sites (tertiary alicyclic amines) is 1. The Morgan fingerprint density at radius 2 is 2.10 bits per heavy atom. The van der Waals surface area contributed by atoms with Gasteiger partial charge in [-0.15, -0.1) is 0 Å². The highest BCUT2D eigenvalue weighted by molar-refractivity contribution is 5.97. The summed E-state index contributed by atoms with van der Waals surface area (Å²) in [6, 6.07) is 5.22. The second kappa shape index (κ2) is 6.70. The number of hydrogen-bond acceptors (Lipinski definition) is 3. The summed E-state index contributed by atoms with van der Waals surface area (Å²) >= 11 is 0. The second-order valence-electron chi connectivity index (χ2n) is 5.66. The lowest BCUT2D eigenvalue weighted by atomic mass is 10.1. The minimum Gasteiger partial charge on any atom is -0.464 e. The summed E-state index contributed by atoms with van der Waals surface area (Å²) in [5.41, 5.74) is 0.000981. The van der Waals surface area contributed by atoms with Crippen LogP contribution in [-0.4, -0.2) is 36.0 Å². The monoisotopic (exact) mass is 293 g/mol. The molecule has 1 aromatic rings. The van der Waals surface area contributed by atoms with Crippen molar-refractivity contribution in [1.82, 2.24) is 4.90 Å². The molecule has 0 radical (unpaired) electrons. The maximum Gasteiger partial charge on any atom is 0.328 e. The number of halogens is 1. The Bertz CT molecular complexity index is 530. The number of ether oxygens (including phenoxy) is 1. The van der Waals surface area contributed by atoms with E-state index in [1.165, 1.54) is 23.1 Å². The van der Waals surface area contributed by atoms with Crippen molar-refractivity contribution in [3.8, 4) is 0 Å². The molecule has 1 unspecified atom stereocenters. The van der Waals surface area contributed by atoms with Crippen LogP contribution in [0.2, 0.25) is 0 Å². The lowest BCUT2D eigenvalue weighted by Gasteiger charge is -2.23. The number of rotatable bonds is 4. The molecule has 1 saturated heterocycles. The quantitative estimate of drug-likeness (QED) is 0.802. The number of carbonyl (C=O) groups excluding carboxylic acids is 2. The Labute approximate surface area is 123 Å². The first-order valence-electron chi connectivity index (χ1n) is 7.23. The van der Waals surface area contributed by atoms with Gasteiger partial charge in [0.1, 0.15) is 11.9 Å². The van der Waals surface area contributed by atoms with Crippen LogP contribution >= 0.6 is 0 Å². The van der Waals surface area contributed by atoms with Crippen LogP contribution in [0.4, 0.5) is 4.39 Å². The lowest BCUT2D eigenvalue weighted by molar-refractivity contribution is -0.149. The maximum atomic E-state index is 13.7. The zero-order valence-corrected chi connectivity index (χ0v) is 12.3. The predicted octanol–water partition coefficient (Wildman–Crippen LogP) is 2.63. The molecule has 0 N–H and O–H groups in total. The summed E-state index contributed by atoms with van der Waals surface area (Å²) in [4.78, 5) is 25.9. The molecule has 1 aliphatic heterocycles. The van der Waals surface area contributed by atoms with Crippen LogP contribution in [0.15, 0.2) is 24.3 Å². The van der Waals surface area contributed by atoms with E-state index in [9.17, 15) is 14.0 Å². The van der Waals surface area contributed by atoms with Gasteiger partial charge in [-0.2, -0.15) is 0 Å². The largest absolute Gasteiger partial charge is 0.464 e. The van der Waals surface area contributed by atoms with Gasteiger partial charge in [-0.05, 0) is 30.9 Å². The van der Waals surface area contributed by atoms with E-state index in [1.807, 2.05) is 13.8 Å². The third kappa shape index (κ3) is 3.60. The Kier molecular flexibility index (Phi) is 4.94. The van der Waals surface area contributed by atoms with Gasteiger partial charge in [0.2, 0.25) is 0 Å². The fourth-order valence-electron chi connectivity index (χ4n) is 2.39. The number of nitrogens with zero attached hydrogens (tertiary/aromatic N) is 1. The molecule has 21 heavy (non-hydrogen) atoms. The van der Waals surface area contributed by atoms with Crippen molar-refractivity contribution in [2.24, 2.45) is 5.92 Å². The average Bonchev–Trinajstić information content (AvgIpc) is 2.94. The zero-order chi connectivity index (χ0) is 15.4. The number of carbonyl (C=O) groups is 2. The van der Waals surface area contributed by atoms with Crippen LogP contribution in [0.3, 0.4) is 0 Å². The Balaban J connectivity index is 2.10. The molecular weight excluding hydrogens is 273 g/mol. The molecular formula is C16H20FNO3. The minimum absolute atomic E-state index is 0.000981. The normalized spacial score (nSPS) is 18.1. The number of esters is 1. The van der Waals surface area contributed by atoms with Gasteiger partial charge >= 0.3 is 5.97 Å². The molecule has 1 heterocycles. The van der Waals surface area contributed by atoms with Crippen LogP contribution in [0, 0.1) is 11.7 Å². The first-order valence-corrected chi connectivity index (χ1v) is 7.23. The van der Waals surface area contributed by atoms with Crippen LogP contribution in [0.5, 0.6) is 0 Å². The zero-order valence-electron chi connectivity index (χ0n) is 12.3. The van der Waals surface area contributed by atoms with E-state index in [1.54, 1.807) is 6.07 Å². The van der Waals surface area contributed by atoms with E-state index < -0.39 is 23.7 Å². The topological polar surface area (TPSA) is 46.6 Å². The SMILES string of the molecule is CC(C)COC(=O)C1CCCN1C(=O)c1ccccc1F. The van der Waals surface area contributed by atoms with Gasteiger partial charge in [0, 0.05) is 6.54 Å². The van der Waals surface area contributed by atoms with Crippen molar-refractivity contribution in [2.75, 3.05) is 13.2 Å². The molecule has 0 saturated carbocycles. The van der Waals surface area contributed by atoms with E-state index in [0.717, 1.165) is 6.42 Å². The van der Waals surface area contributed by atoms with Crippen LogP contribution in [0.1, 0.15) is 37.0 Å². The molecule has 0 bridgehead atoms. The maximum absolute atomic E-state index is 13.7. The summed E-state index contributed by atoms with van der Waals surface area (Å²) in [6.07, 6.45) is 1.29. The van der Waals surface area contributed by atoms with Gasteiger partial charge in [-0.25, -0.2) is 9.18 Å². The number of amides is 1. The summed E-state index contributed by atoms with van der Waals surface area (Å²) in [6.45, 7) is 4.68. The lowest BCUT2D eigenvalue weighted by Crippen LogP contribution is -2.42. The molecule has 2 rings (SSSR count). The highest BCUT2D eigenvalue weighted by Crippen LogP contribution is 2.22. The highest BCUT2D eigenvalue weighted by atomic mass is 19.1. The van der Waals surface area contributed by atoms with E-state index in [4.69, 9.17) is 4.74 Å². The molecule has 1 aromatic carbocycles. The van der Waals surface area contributed by atoms with Crippen molar-refractivity contribution in [1.29, 1.82) is 0 Å². The first kappa shape index (κ1) is 15.5. The summed E-state index contributed by atoms with van der Waals surface area (Å²) in [5.74, 6) is -1.17. The second-order valence-corrected chi connectivity index (χ2v) is 5.66. The molecule has 5 heteroatoms. The van der Waals surface area contributed by atoms with Gasteiger partial charge in [-0.3, -0.25) is 4.79 Å². The van der Waals surface area contributed by atoms with Crippen molar-refractivity contribution in [3.63, 3.8) is 0 Å². The van der Waals surface area contributed by atoms with Crippen LogP contribution in [0.25, 0.3) is 0 Å². The van der Waals surface area contributed by atoms with Crippen molar-refractivity contribution >= 4 is 11.9 Å². The van der Waals surface area contributed by atoms with E-state index in [2.05, 4.69) is 0 Å². The van der Waals surface area contributed by atoms with Gasteiger partial charge in [0.05, 0.1) is 12.2 Å². The summed E-state index contributed by atoms with van der Waals surface area (Å²) < 4.78 is 18.9. The molecule has 1 fully saturated rings. The summed E-state index contributed by atoms with van der Waals surface area (Å²) in [7, 11) is 0. The molecule has 4 nitrogen and oxygen atoms in total. The fourth-order valence-corrected chi connectivity index (χ4v) is 2.39. The van der Waals surface area contributed by atoms with Crippen molar-refractivity contribution < 1.29 is 18.7 Å². The molecule has 1 amide bonds. The van der Waals surface area contributed by atoms with Crippen molar-refractivity contribution in [2.45, 2.75) is 32.7 Å². The fraction of sp³-hybridized carbons (Fsp3) is 0.500. The first-order chi connectivity index (χ1) is 10.0. The van der Waals surface area contributed by atoms with Crippen molar-refractivity contribution in [3.05, 3.63) is 35.6 Å². The third-order valence-electron chi connectivity index (χ3n) is 3.45. The predicted molar refractivity (Wildman–Crippen MR) is 76.3 cm³/mol. The standard InChI is InChI=1S/C16H20FNO3/c1-11(2)10-21-16(20)14-8-5-9-18(14)15(19)12-6-3-4-7-13(12)17/h3-4,6-7,11,14H,5,8-10H2,1-2H3. The number of hydrogen-bond donors (Lipinski definition) is 0. The van der Waals surface area contributed by atoms with E-state index in [-0.39, 0.29) is 11.5 Å². The Morgan fingerprint density at radius 1 is 1.38 bits per heavy atom. The smallest absolute Gasteiger partial charge is 0.328 e. The molecule has 0 aliphatic carbocycles. The molecule has 1 atom stereocenters. The molecule has 0 spiro atoms. The van der Waals surface area contributed by atoms with E-state index in [0.29, 0.717) is 19.6 Å². The van der Waals surface area contributed by atoms with Crippen LogP contribution < -0.4 is 0 Å². The molecule has 1 aliphatic rings. The third-order valence-corrected chi connectivity index (χ3v) is 3.45. The molecule has 0 aromatic heterocycles. The number of benzene rings is 1. The van der Waals surface area contributed by atoms with Crippen LogP contribution in [-0.2, 0) is 9.53 Å². The highest BCUT2D eigenvalue weighted by Gasteiger charge is 2.36. The Morgan fingerprint density at radius 3 is 2.76 bits per heavy atom. The minimum atomic E-state index is -0.601.